The first kappa shape index (κ1) is 24.5. The zero-order chi connectivity index (χ0) is 23.1. The number of carbonyl (C=O) groups excluding carboxylic acids is 1. The van der Waals surface area contributed by atoms with Crippen molar-refractivity contribution < 1.29 is 28.9 Å². The van der Waals surface area contributed by atoms with Crippen LogP contribution in [0, 0.1) is 0 Å². The van der Waals surface area contributed by atoms with E-state index in [9.17, 15) is 9.59 Å². The molecule has 4 rings (SSSR count). The Morgan fingerprint density at radius 3 is 1.81 bits per heavy atom. The number of esters is 1. The number of nitrogens with zero attached hydrogens (tertiary/aromatic N) is 4. The molecular weight excluding hydrogens is 463 g/mol. The molecule has 32 heavy (non-hydrogen) atoms. The van der Waals surface area contributed by atoms with Gasteiger partial charge in [-0.25, -0.2) is 19.0 Å². The molecule has 0 aliphatic carbocycles. The van der Waals surface area contributed by atoms with E-state index < -0.39 is 11.9 Å². The van der Waals surface area contributed by atoms with Crippen LogP contribution in [0.2, 0.25) is 10.3 Å². The van der Waals surface area contributed by atoms with Crippen LogP contribution in [-0.4, -0.2) is 69.6 Å². The van der Waals surface area contributed by atoms with E-state index in [1.165, 1.54) is 12.4 Å². The largest absolute Gasteiger partial charge is 0.478 e. The minimum atomic E-state index is -1.04. The molecule has 0 spiro atoms. The van der Waals surface area contributed by atoms with Crippen molar-refractivity contribution in [1.82, 2.24) is 19.6 Å². The van der Waals surface area contributed by atoms with Crippen LogP contribution in [-0.2, 0) is 14.2 Å². The number of aromatic nitrogens is 4. The Morgan fingerprint density at radius 1 is 0.969 bits per heavy atom. The van der Waals surface area contributed by atoms with Crippen LogP contribution in [0.15, 0.2) is 12.4 Å². The zero-order valence-corrected chi connectivity index (χ0v) is 19.2. The second kappa shape index (κ2) is 11.6. The molecule has 0 saturated carbocycles. The normalized spacial score (nSPS) is 17.5. The van der Waals surface area contributed by atoms with Gasteiger partial charge in [-0.05, 0) is 32.6 Å². The molecule has 2 aliphatic heterocycles. The molecule has 2 aliphatic rings. The lowest BCUT2D eigenvalue weighted by Crippen LogP contribution is -2.20. The van der Waals surface area contributed by atoms with Crippen LogP contribution < -0.4 is 0 Å². The highest BCUT2D eigenvalue weighted by Gasteiger charge is 2.24. The number of aromatic carboxylic acids is 1. The quantitative estimate of drug-likeness (QED) is 0.633. The summed E-state index contributed by atoms with van der Waals surface area (Å²) in [6.45, 7) is 4.84. The fraction of sp³-hybridized carbons (Fsp3) is 0.600. The number of ether oxygens (including phenoxy) is 3. The molecule has 0 radical (unpaired) electrons. The predicted octanol–water partition coefficient (Wildman–Crippen LogP) is 3.65. The van der Waals surface area contributed by atoms with Crippen molar-refractivity contribution in [2.75, 3.05) is 33.0 Å². The van der Waals surface area contributed by atoms with E-state index in [1.807, 2.05) is 0 Å². The summed E-state index contributed by atoms with van der Waals surface area (Å²) in [4.78, 5) is 22.3. The Hall–Kier alpha value is -2.14. The molecular formula is C20H26Cl2N4O6. The lowest BCUT2D eigenvalue weighted by atomic mass is 10.1. The highest BCUT2D eigenvalue weighted by Crippen LogP contribution is 2.27. The molecule has 0 amide bonds. The van der Waals surface area contributed by atoms with Crippen molar-refractivity contribution in [3.63, 3.8) is 0 Å². The zero-order valence-electron chi connectivity index (χ0n) is 17.7. The van der Waals surface area contributed by atoms with Crippen LogP contribution >= 0.6 is 23.2 Å². The van der Waals surface area contributed by atoms with Crippen molar-refractivity contribution in [3.05, 3.63) is 33.8 Å². The van der Waals surface area contributed by atoms with E-state index in [2.05, 4.69) is 10.2 Å². The molecule has 12 heteroatoms. The lowest BCUT2D eigenvalue weighted by Gasteiger charge is -2.22. The van der Waals surface area contributed by atoms with Gasteiger partial charge in [-0.3, -0.25) is 0 Å². The smallest absolute Gasteiger partial charge is 0.342 e. The average molecular weight is 489 g/mol. The Bertz CT molecular complexity index is 919. The van der Waals surface area contributed by atoms with Gasteiger partial charge in [-0.2, -0.15) is 10.2 Å². The summed E-state index contributed by atoms with van der Waals surface area (Å²) >= 11 is 12.1. The molecule has 2 saturated heterocycles. The maximum Gasteiger partial charge on any atom is 0.342 e. The molecule has 0 bridgehead atoms. The molecule has 10 nitrogen and oxygen atoms in total. The van der Waals surface area contributed by atoms with Gasteiger partial charge in [0.25, 0.3) is 0 Å². The van der Waals surface area contributed by atoms with Crippen LogP contribution in [0.1, 0.15) is 65.4 Å². The highest BCUT2D eigenvalue weighted by molar-refractivity contribution is 6.32. The maximum absolute atomic E-state index is 11.6. The number of halogens is 2. The van der Waals surface area contributed by atoms with Gasteiger partial charge in [0.2, 0.25) is 0 Å². The summed E-state index contributed by atoms with van der Waals surface area (Å²) < 4.78 is 18.7. The van der Waals surface area contributed by atoms with Gasteiger partial charge in [-0.1, -0.05) is 23.2 Å². The SMILES string of the molecule is CCOC(=O)c1cnn(C2CCOCC2)c1Cl.O=C(O)c1cnn(C2CCOCC2)c1Cl. The third kappa shape index (κ3) is 5.80. The van der Waals surface area contributed by atoms with Crippen LogP contribution in [0.5, 0.6) is 0 Å². The molecule has 2 aromatic heterocycles. The predicted molar refractivity (Wildman–Crippen MR) is 116 cm³/mol. The Labute approximate surface area is 195 Å². The Kier molecular flexibility index (Phi) is 8.92. The third-order valence-corrected chi connectivity index (χ3v) is 6.02. The number of carboxylic acid groups (broad SMARTS) is 1. The number of rotatable bonds is 5. The average Bonchev–Trinajstić information content (AvgIpc) is 3.38. The van der Waals surface area contributed by atoms with Gasteiger partial charge in [0.1, 0.15) is 21.4 Å². The summed E-state index contributed by atoms with van der Waals surface area (Å²) in [7, 11) is 0. The van der Waals surface area contributed by atoms with Crippen LogP contribution in [0.25, 0.3) is 0 Å². The molecule has 0 aromatic carbocycles. The first-order chi connectivity index (χ1) is 15.4. The number of carboxylic acids is 1. The Morgan fingerprint density at radius 2 is 1.41 bits per heavy atom. The molecule has 1 N–H and O–H groups in total. The second-order valence-electron chi connectivity index (χ2n) is 7.30. The Balaban J connectivity index is 0.000000182. The van der Waals surface area contributed by atoms with Crippen molar-refractivity contribution in [1.29, 1.82) is 0 Å². The summed E-state index contributed by atoms with van der Waals surface area (Å²) in [6.07, 6.45) is 6.13. The summed E-state index contributed by atoms with van der Waals surface area (Å²) in [5, 5.41) is 17.6. The van der Waals surface area contributed by atoms with Crippen molar-refractivity contribution in [2.24, 2.45) is 0 Å². The van der Waals surface area contributed by atoms with Gasteiger partial charge in [0, 0.05) is 26.4 Å². The van der Waals surface area contributed by atoms with E-state index in [-0.39, 0.29) is 22.8 Å². The standard InChI is InChI=1S/C11H15ClN2O3.C9H11ClN2O3/c1-2-17-11(15)9-7-13-14(10(9)12)8-3-5-16-6-4-8;10-8-7(9(13)14)5-11-12(8)6-1-3-15-4-2-6/h7-8H,2-6H2,1H3;5-6H,1-4H2,(H,13,14). The van der Waals surface area contributed by atoms with Gasteiger partial charge in [0.15, 0.2) is 0 Å². The van der Waals surface area contributed by atoms with Crippen molar-refractivity contribution in [2.45, 2.75) is 44.7 Å². The molecule has 4 heterocycles. The van der Waals surface area contributed by atoms with Crippen molar-refractivity contribution in [3.8, 4) is 0 Å². The first-order valence-corrected chi connectivity index (χ1v) is 11.2. The summed E-state index contributed by atoms with van der Waals surface area (Å²) in [6, 6.07) is 0.360. The number of hydrogen-bond acceptors (Lipinski definition) is 7. The lowest BCUT2D eigenvalue weighted by molar-refractivity contribution is 0.0525. The summed E-state index contributed by atoms with van der Waals surface area (Å²) in [5.41, 5.74) is 0.392. The fourth-order valence-electron chi connectivity index (χ4n) is 3.55. The molecule has 2 aromatic rings. The van der Waals surface area contributed by atoms with E-state index in [1.54, 1.807) is 16.3 Å². The minimum absolute atomic E-state index is 0.0585. The minimum Gasteiger partial charge on any atom is -0.478 e. The number of carbonyl (C=O) groups is 2. The van der Waals surface area contributed by atoms with E-state index in [0.29, 0.717) is 43.8 Å². The van der Waals surface area contributed by atoms with E-state index in [0.717, 1.165) is 25.7 Å². The topological polar surface area (TPSA) is 118 Å². The first-order valence-electron chi connectivity index (χ1n) is 10.5. The van der Waals surface area contributed by atoms with Crippen molar-refractivity contribution >= 4 is 35.1 Å². The van der Waals surface area contributed by atoms with E-state index in [4.69, 9.17) is 42.5 Å². The summed E-state index contributed by atoms with van der Waals surface area (Å²) in [5.74, 6) is -1.46. The van der Waals surface area contributed by atoms with E-state index >= 15 is 0 Å². The fourth-order valence-corrected chi connectivity index (χ4v) is 4.17. The molecule has 2 fully saturated rings. The maximum atomic E-state index is 11.6. The molecule has 0 unspecified atom stereocenters. The van der Waals surface area contributed by atoms with Crippen LogP contribution in [0.4, 0.5) is 0 Å². The van der Waals surface area contributed by atoms with Gasteiger partial charge >= 0.3 is 11.9 Å². The van der Waals surface area contributed by atoms with Crippen LogP contribution in [0.3, 0.4) is 0 Å². The van der Waals surface area contributed by atoms with Gasteiger partial charge in [0.05, 0.1) is 31.1 Å². The second-order valence-corrected chi connectivity index (χ2v) is 8.02. The third-order valence-electron chi connectivity index (χ3n) is 5.27. The van der Waals surface area contributed by atoms with Gasteiger partial charge < -0.3 is 19.3 Å². The monoisotopic (exact) mass is 488 g/mol. The molecule has 176 valence electrons. The number of hydrogen-bond donors (Lipinski definition) is 1. The molecule has 0 atom stereocenters. The highest BCUT2D eigenvalue weighted by atomic mass is 35.5. The van der Waals surface area contributed by atoms with Gasteiger partial charge in [-0.15, -0.1) is 0 Å².